The molecule has 0 aliphatic carbocycles. The summed E-state index contributed by atoms with van der Waals surface area (Å²) in [5, 5.41) is 7.39. The highest BCUT2D eigenvalue weighted by molar-refractivity contribution is 7.92. The molecule has 2 N–H and O–H groups in total. The number of sulfone groups is 1. The Labute approximate surface area is 274 Å². The number of hydrogen-bond acceptors (Lipinski definition) is 9. The fraction of sp³-hybridized carbons (Fsp3) is 0.353. The van der Waals surface area contributed by atoms with E-state index in [0.29, 0.717) is 65.0 Å². The van der Waals surface area contributed by atoms with Gasteiger partial charge < -0.3 is 24.8 Å². The summed E-state index contributed by atoms with van der Waals surface area (Å²) in [6.07, 6.45) is 7.28. The highest BCUT2D eigenvalue weighted by Crippen LogP contribution is 2.45. The maximum absolute atomic E-state index is 13.5. The van der Waals surface area contributed by atoms with Crippen LogP contribution in [0.15, 0.2) is 73.3 Å². The Kier molecular flexibility index (Phi) is 10.7. The molecule has 1 atom stereocenters. The Morgan fingerprint density at radius 1 is 1.09 bits per heavy atom. The molecule has 0 spiro atoms. The van der Waals surface area contributed by atoms with Gasteiger partial charge in [0.15, 0.2) is 9.84 Å². The standard InChI is InChI=1S/C34H38ClFN4O5S/c1-23(2)46(41,42)16-14-37-13-5-11-34(12-6-15-45-34)28-19-27-30(20-32(28)43-3)38-22-39-33(27)40-26-9-10-31(29(35)18-26)44-21-24-7-4-8-25(36)17-24/h4,6-10,15,17-20,22-23,37H,5,11-14,16,21H2,1-3H3,(H,38,39,40). The molecule has 1 unspecified atom stereocenters. The normalized spacial score (nSPS) is 16.1. The summed E-state index contributed by atoms with van der Waals surface area (Å²) in [7, 11) is -1.47. The van der Waals surface area contributed by atoms with Crippen molar-refractivity contribution in [3.63, 3.8) is 0 Å². The molecule has 12 heteroatoms. The van der Waals surface area contributed by atoms with Gasteiger partial charge in [-0.05, 0) is 81.3 Å². The molecular weight excluding hydrogens is 631 g/mol. The van der Waals surface area contributed by atoms with Crippen LogP contribution in [0.5, 0.6) is 11.5 Å². The summed E-state index contributed by atoms with van der Waals surface area (Å²) in [4.78, 5) is 9.01. The maximum atomic E-state index is 13.5. The molecule has 1 aliphatic rings. The molecule has 5 rings (SSSR count). The van der Waals surface area contributed by atoms with Gasteiger partial charge in [0, 0.05) is 35.7 Å². The van der Waals surface area contributed by atoms with E-state index in [1.54, 1.807) is 51.5 Å². The number of aromatic nitrogens is 2. The summed E-state index contributed by atoms with van der Waals surface area (Å²) < 4.78 is 55.7. The van der Waals surface area contributed by atoms with E-state index in [1.807, 2.05) is 24.3 Å². The van der Waals surface area contributed by atoms with Crippen molar-refractivity contribution in [3.05, 3.63) is 95.2 Å². The van der Waals surface area contributed by atoms with E-state index in [2.05, 4.69) is 20.6 Å². The lowest BCUT2D eigenvalue weighted by atomic mass is 9.85. The quantitative estimate of drug-likeness (QED) is 0.128. The highest BCUT2D eigenvalue weighted by Gasteiger charge is 2.38. The van der Waals surface area contributed by atoms with E-state index in [0.717, 1.165) is 17.4 Å². The van der Waals surface area contributed by atoms with Crippen LogP contribution in [0, 0.1) is 5.82 Å². The summed E-state index contributed by atoms with van der Waals surface area (Å²) in [6, 6.07) is 15.4. The van der Waals surface area contributed by atoms with Crippen molar-refractivity contribution in [2.45, 2.75) is 50.6 Å². The second-order valence-electron chi connectivity index (χ2n) is 11.4. The number of benzene rings is 3. The molecule has 244 valence electrons. The zero-order valence-corrected chi connectivity index (χ0v) is 27.6. The summed E-state index contributed by atoms with van der Waals surface area (Å²) in [5.41, 5.74) is 2.28. The summed E-state index contributed by atoms with van der Waals surface area (Å²) in [5.74, 6) is 1.49. The lowest BCUT2D eigenvalue weighted by molar-refractivity contribution is 0.0284. The first-order valence-corrected chi connectivity index (χ1v) is 17.2. The van der Waals surface area contributed by atoms with Crippen LogP contribution >= 0.6 is 11.6 Å². The number of fused-ring (bicyclic) bond motifs is 1. The van der Waals surface area contributed by atoms with Crippen LogP contribution < -0.4 is 20.1 Å². The molecule has 0 amide bonds. The average molecular weight is 669 g/mol. The average Bonchev–Trinajstić information content (AvgIpc) is 3.51. The Morgan fingerprint density at radius 3 is 2.65 bits per heavy atom. The van der Waals surface area contributed by atoms with Gasteiger partial charge in [0.05, 0.1) is 34.9 Å². The van der Waals surface area contributed by atoms with Crippen LogP contribution in [0.3, 0.4) is 0 Å². The van der Waals surface area contributed by atoms with Crippen LogP contribution in [-0.2, 0) is 26.8 Å². The van der Waals surface area contributed by atoms with Crippen molar-refractivity contribution >= 4 is 43.8 Å². The predicted molar refractivity (Wildman–Crippen MR) is 179 cm³/mol. The number of rotatable bonds is 15. The molecule has 1 aromatic heterocycles. The molecule has 0 saturated heterocycles. The first-order valence-electron chi connectivity index (χ1n) is 15.1. The van der Waals surface area contributed by atoms with Gasteiger partial charge in [-0.1, -0.05) is 23.7 Å². The van der Waals surface area contributed by atoms with Gasteiger partial charge in [-0.15, -0.1) is 0 Å². The van der Waals surface area contributed by atoms with Gasteiger partial charge in [-0.25, -0.2) is 22.8 Å². The second-order valence-corrected chi connectivity index (χ2v) is 14.5. The topological polar surface area (TPSA) is 112 Å². The van der Waals surface area contributed by atoms with Gasteiger partial charge in [0.1, 0.15) is 41.7 Å². The minimum atomic E-state index is -3.09. The smallest absolute Gasteiger partial charge is 0.153 e. The van der Waals surface area contributed by atoms with Crippen molar-refractivity contribution in [3.8, 4) is 11.5 Å². The fourth-order valence-corrected chi connectivity index (χ4v) is 6.47. The lowest BCUT2D eigenvalue weighted by Gasteiger charge is -2.31. The van der Waals surface area contributed by atoms with Crippen LogP contribution in [0.1, 0.15) is 44.2 Å². The predicted octanol–water partition coefficient (Wildman–Crippen LogP) is 7.08. The third-order valence-corrected chi connectivity index (χ3v) is 10.5. The minimum absolute atomic E-state index is 0.109. The van der Waals surface area contributed by atoms with E-state index in [9.17, 15) is 12.8 Å². The number of ether oxygens (including phenoxy) is 3. The SMILES string of the molecule is COc1cc2ncnc(Nc3ccc(OCc4cccc(F)c4)c(Cl)c3)c2cc1C1(CCCNCCS(=O)(=O)C(C)C)CC=CO1. The molecule has 9 nitrogen and oxygen atoms in total. The van der Waals surface area contributed by atoms with E-state index < -0.39 is 15.4 Å². The molecule has 0 bridgehead atoms. The zero-order chi connectivity index (χ0) is 32.7. The van der Waals surface area contributed by atoms with Crippen molar-refractivity contribution in [1.29, 1.82) is 0 Å². The van der Waals surface area contributed by atoms with Crippen LogP contribution in [0.2, 0.25) is 5.02 Å². The number of nitrogens with one attached hydrogen (secondary N) is 2. The van der Waals surface area contributed by atoms with E-state index >= 15 is 0 Å². The van der Waals surface area contributed by atoms with Gasteiger partial charge in [-0.2, -0.15) is 0 Å². The van der Waals surface area contributed by atoms with Gasteiger partial charge in [-0.3, -0.25) is 0 Å². The largest absolute Gasteiger partial charge is 0.496 e. The molecular formula is C34H38ClFN4O5S. The molecule has 3 aromatic carbocycles. The van der Waals surface area contributed by atoms with Crippen molar-refractivity contribution in [1.82, 2.24) is 15.3 Å². The number of halogens is 2. The van der Waals surface area contributed by atoms with Crippen LogP contribution in [0.25, 0.3) is 10.9 Å². The van der Waals surface area contributed by atoms with Gasteiger partial charge >= 0.3 is 0 Å². The number of nitrogens with zero attached hydrogens (tertiary/aromatic N) is 2. The Bertz CT molecular complexity index is 1810. The molecule has 0 saturated carbocycles. The van der Waals surface area contributed by atoms with E-state index in [-0.39, 0.29) is 23.4 Å². The van der Waals surface area contributed by atoms with Crippen molar-refractivity contribution < 1.29 is 27.0 Å². The third-order valence-electron chi connectivity index (χ3n) is 7.98. The first-order chi connectivity index (χ1) is 22.1. The molecule has 1 aliphatic heterocycles. The van der Waals surface area contributed by atoms with Crippen LogP contribution in [0.4, 0.5) is 15.9 Å². The molecule has 46 heavy (non-hydrogen) atoms. The number of anilines is 2. The zero-order valence-electron chi connectivity index (χ0n) is 26.1. The number of methoxy groups -OCH3 is 1. The summed E-state index contributed by atoms with van der Waals surface area (Å²) >= 11 is 6.55. The monoisotopic (exact) mass is 668 g/mol. The summed E-state index contributed by atoms with van der Waals surface area (Å²) in [6.45, 7) is 4.63. The van der Waals surface area contributed by atoms with E-state index in [1.165, 1.54) is 18.5 Å². The van der Waals surface area contributed by atoms with Gasteiger partial charge in [0.25, 0.3) is 0 Å². The highest BCUT2D eigenvalue weighted by atomic mass is 35.5. The van der Waals surface area contributed by atoms with E-state index in [4.69, 9.17) is 25.8 Å². The van der Waals surface area contributed by atoms with Crippen molar-refractivity contribution in [2.24, 2.45) is 0 Å². The second kappa shape index (κ2) is 14.7. The molecule has 0 radical (unpaired) electrons. The van der Waals surface area contributed by atoms with Gasteiger partial charge in [0.2, 0.25) is 0 Å². The Balaban J connectivity index is 1.32. The third kappa shape index (κ3) is 7.89. The maximum Gasteiger partial charge on any atom is 0.153 e. The number of hydrogen-bond donors (Lipinski definition) is 2. The molecule has 0 fully saturated rings. The first kappa shape index (κ1) is 33.4. The Hall–Kier alpha value is -3.93. The molecule has 2 heterocycles. The van der Waals surface area contributed by atoms with Crippen molar-refractivity contribution in [2.75, 3.05) is 31.3 Å². The Morgan fingerprint density at radius 2 is 1.93 bits per heavy atom. The molecule has 4 aromatic rings. The fourth-order valence-electron chi connectivity index (χ4n) is 5.34. The van der Waals surface area contributed by atoms with Crippen LogP contribution in [-0.4, -0.2) is 49.6 Å². The minimum Gasteiger partial charge on any atom is -0.496 e. The lowest BCUT2D eigenvalue weighted by Crippen LogP contribution is -2.30.